The molecule has 1 fully saturated rings. The fraction of sp³-hybridized carbons (Fsp3) is 0.500. The summed E-state index contributed by atoms with van der Waals surface area (Å²) in [5, 5.41) is 0. The second-order valence-electron chi connectivity index (χ2n) is 4.51. The molecule has 9 heteroatoms. The lowest BCUT2D eigenvalue weighted by Crippen LogP contribution is -2.31. The van der Waals surface area contributed by atoms with Gasteiger partial charge in [0.15, 0.2) is 0 Å². The van der Waals surface area contributed by atoms with Crippen LogP contribution in [0.4, 0.5) is 13.2 Å². The lowest BCUT2D eigenvalue weighted by molar-refractivity contribution is -0.274. The van der Waals surface area contributed by atoms with Crippen molar-refractivity contribution in [3.8, 4) is 5.75 Å². The summed E-state index contributed by atoms with van der Waals surface area (Å²) >= 11 is 0. The van der Waals surface area contributed by atoms with Gasteiger partial charge in [0.25, 0.3) is 0 Å². The Labute approximate surface area is 120 Å². The largest absolute Gasteiger partial charge is 0.573 e. The van der Waals surface area contributed by atoms with Crippen LogP contribution in [-0.4, -0.2) is 34.0 Å². The Morgan fingerprint density at radius 2 is 2.14 bits per heavy atom. The van der Waals surface area contributed by atoms with Gasteiger partial charge in [-0.15, -0.1) is 13.2 Å². The number of sulfonamides is 1. The van der Waals surface area contributed by atoms with Gasteiger partial charge >= 0.3 is 6.36 Å². The lowest BCUT2D eigenvalue weighted by atomic mass is 10.2. The van der Waals surface area contributed by atoms with Gasteiger partial charge in [-0.25, -0.2) is 13.1 Å². The van der Waals surface area contributed by atoms with Crippen LogP contribution in [0.25, 0.3) is 0 Å². The van der Waals surface area contributed by atoms with Gasteiger partial charge in [-0.05, 0) is 25.0 Å². The third-order valence-corrected chi connectivity index (χ3v) is 4.30. The average molecular weight is 325 g/mol. The molecule has 5 nitrogen and oxygen atoms in total. The van der Waals surface area contributed by atoms with Crippen LogP contribution in [0.15, 0.2) is 29.2 Å². The molecular weight excluding hydrogens is 311 g/mol. The number of rotatable bonds is 5. The molecule has 1 saturated heterocycles. The first-order chi connectivity index (χ1) is 9.76. The van der Waals surface area contributed by atoms with Gasteiger partial charge in [0.2, 0.25) is 10.0 Å². The fourth-order valence-electron chi connectivity index (χ4n) is 1.93. The summed E-state index contributed by atoms with van der Waals surface area (Å²) < 4.78 is 71.7. The Kier molecular flexibility index (Phi) is 4.74. The summed E-state index contributed by atoms with van der Waals surface area (Å²) in [4.78, 5) is -0.290. The minimum absolute atomic E-state index is 0.0900. The molecule has 1 N–H and O–H groups in total. The number of benzene rings is 1. The zero-order chi connectivity index (χ0) is 15.5. The molecule has 1 aliphatic heterocycles. The molecule has 0 saturated carbocycles. The fourth-order valence-corrected chi connectivity index (χ4v) is 3.03. The Hall–Kier alpha value is -1.32. The molecule has 0 bridgehead atoms. The monoisotopic (exact) mass is 325 g/mol. The Morgan fingerprint density at radius 3 is 2.76 bits per heavy atom. The number of alkyl halides is 3. The van der Waals surface area contributed by atoms with E-state index in [0.717, 1.165) is 25.0 Å². The topological polar surface area (TPSA) is 64.6 Å². The van der Waals surface area contributed by atoms with Gasteiger partial charge in [0.05, 0.1) is 11.0 Å². The van der Waals surface area contributed by atoms with Crippen LogP contribution in [0, 0.1) is 0 Å². The first-order valence-electron chi connectivity index (χ1n) is 6.23. The summed E-state index contributed by atoms with van der Waals surface area (Å²) in [6.45, 7) is 0.675. The van der Waals surface area contributed by atoms with E-state index >= 15 is 0 Å². The second-order valence-corrected chi connectivity index (χ2v) is 6.28. The van der Waals surface area contributed by atoms with Crippen molar-refractivity contribution >= 4 is 10.0 Å². The summed E-state index contributed by atoms with van der Waals surface area (Å²) in [5.74, 6) is -0.581. The molecule has 1 heterocycles. The van der Waals surface area contributed by atoms with E-state index in [4.69, 9.17) is 4.74 Å². The second kappa shape index (κ2) is 6.20. The van der Waals surface area contributed by atoms with Crippen LogP contribution in [0.5, 0.6) is 5.75 Å². The maximum atomic E-state index is 12.1. The number of ether oxygens (including phenoxy) is 2. The molecule has 0 amide bonds. The van der Waals surface area contributed by atoms with Crippen molar-refractivity contribution in [2.24, 2.45) is 0 Å². The molecule has 1 atom stereocenters. The van der Waals surface area contributed by atoms with Crippen molar-refractivity contribution < 1.29 is 31.1 Å². The highest BCUT2D eigenvalue weighted by Crippen LogP contribution is 2.25. The summed E-state index contributed by atoms with van der Waals surface area (Å²) in [6, 6.07) is 4.24. The van der Waals surface area contributed by atoms with Gasteiger partial charge in [0, 0.05) is 19.2 Å². The predicted molar refractivity (Wildman–Crippen MR) is 67.3 cm³/mol. The maximum absolute atomic E-state index is 12.1. The molecule has 21 heavy (non-hydrogen) atoms. The van der Waals surface area contributed by atoms with Crippen molar-refractivity contribution in [2.75, 3.05) is 13.2 Å². The summed E-state index contributed by atoms with van der Waals surface area (Å²) in [6.07, 6.45) is -3.46. The van der Waals surface area contributed by atoms with E-state index in [-0.39, 0.29) is 17.5 Å². The Morgan fingerprint density at radius 1 is 1.38 bits per heavy atom. The third kappa shape index (κ3) is 4.87. The maximum Gasteiger partial charge on any atom is 0.573 e. The summed E-state index contributed by atoms with van der Waals surface area (Å²) in [5.41, 5.74) is 0. The van der Waals surface area contributed by atoms with Gasteiger partial charge < -0.3 is 9.47 Å². The smallest absolute Gasteiger partial charge is 0.406 e. The molecule has 2 rings (SSSR count). The average Bonchev–Trinajstić information content (AvgIpc) is 2.88. The zero-order valence-corrected chi connectivity index (χ0v) is 11.7. The van der Waals surface area contributed by atoms with Crippen molar-refractivity contribution in [3.63, 3.8) is 0 Å². The standard InChI is InChI=1S/C12H14F3NO4S/c13-12(14,15)20-9-3-1-5-11(7-9)21(17,18)16-8-10-4-2-6-19-10/h1,3,5,7,10,16H,2,4,6,8H2. The van der Waals surface area contributed by atoms with Crippen molar-refractivity contribution in [2.45, 2.75) is 30.2 Å². The molecule has 1 aliphatic rings. The van der Waals surface area contributed by atoms with Gasteiger partial charge in [-0.3, -0.25) is 0 Å². The van der Waals surface area contributed by atoms with Crippen LogP contribution in [0.3, 0.4) is 0 Å². The van der Waals surface area contributed by atoms with Crippen LogP contribution in [0.2, 0.25) is 0 Å². The van der Waals surface area contributed by atoms with Crippen molar-refractivity contribution in [3.05, 3.63) is 24.3 Å². The van der Waals surface area contributed by atoms with Crippen LogP contribution in [-0.2, 0) is 14.8 Å². The molecule has 0 radical (unpaired) electrons. The number of hydrogen-bond donors (Lipinski definition) is 1. The van der Waals surface area contributed by atoms with Crippen molar-refractivity contribution in [1.29, 1.82) is 0 Å². The first kappa shape index (κ1) is 16.1. The number of nitrogens with one attached hydrogen (secondary N) is 1. The van der Waals surface area contributed by atoms with E-state index in [9.17, 15) is 21.6 Å². The Balaban J connectivity index is 2.06. The molecule has 118 valence electrons. The lowest BCUT2D eigenvalue weighted by Gasteiger charge is -2.13. The van der Waals surface area contributed by atoms with E-state index in [2.05, 4.69) is 9.46 Å². The Bertz CT molecular complexity index is 582. The molecule has 1 aromatic carbocycles. The minimum atomic E-state index is -4.87. The predicted octanol–water partition coefficient (Wildman–Crippen LogP) is 2.04. The normalized spacial score (nSPS) is 19.7. The molecule has 0 aromatic heterocycles. The van der Waals surface area contributed by atoms with E-state index in [1.54, 1.807) is 0 Å². The SMILES string of the molecule is O=S(=O)(NCC1CCCO1)c1cccc(OC(F)(F)F)c1. The highest BCUT2D eigenvalue weighted by atomic mass is 32.2. The van der Waals surface area contributed by atoms with Gasteiger partial charge in [0.1, 0.15) is 5.75 Å². The van der Waals surface area contributed by atoms with E-state index < -0.39 is 22.1 Å². The van der Waals surface area contributed by atoms with E-state index in [1.165, 1.54) is 12.1 Å². The highest BCUT2D eigenvalue weighted by Gasteiger charge is 2.31. The minimum Gasteiger partial charge on any atom is -0.406 e. The first-order valence-corrected chi connectivity index (χ1v) is 7.72. The zero-order valence-electron chi connectivity index (χ0n) is 10.9. The van der Waals surface area contributed by atoms with E-state index in [1.807, 2.05) is 0 Å². The van der Waals surface area contributed by atoms with Crippen molar-refractivity contribution in [1.82, 2.24) is 4.72 Å². The highest BCUT2D eigenvalue weighted by molar-refractivity contribution is 7.89. The van der Waals surface area contributed by atoms with E-state index in [0.29, 0.717) is 6.61 Å². The molecule has 0 spiro atoms. The molecule has 1 aromatic rings. The number of halogens is 3. The van der Waals surface area contributed by atoms with Gasteiger partial charge in [-0.1, -0.05) is 6.07 Å². The molecular formula is C12H14F3NO4S. The molecule has 1 unspecified atom stereocenters. The van der Waals surface area contributed by atoms with Gasteiger partial charge in [-0.2, -0.15) is 0 Å². The molecule has 0 aliphatic carbocycles. The van der Waals surface area contributed by atoms with Crippen LogP contribution < -0.4 is 9.46 Å². The summed E-state index contributed by atoms with van der Waals surface area (Å²) in [7, 11) is -3.90. The quantitative estimate of drug-likeness (QED) is 0.900. The number of hydrogen-bond acceptors (Lipinski definition) is 4. The van der Waals surface area contributed by atoms with Crippen LogP contribution >= 0.6 is 0 Å². The third-order valence-electron chi connectivity index (χ3n) is 2.87. The van der Waals surface area contributed by atoms with Crippen LogP contribution in [0.1, 0.15) is 12.8 Å².